The number of rotatable bonds is 7. The van der Waals surface area contributed by atoms with Gasteiger partial charge < -0.3 is 15.1 Å². The Kier molecular flexibility index (Phi) is 6.80. The lowest BCUT2D eigenvalue weighted by atomic mass is 9.95. The second-order valence-electron chi connectivity index (χ2n) is 9.28. The Bertz CT molecular complexity index is 1060. The molecule has 2 aromatic carbocycles. The highest BCUT2D eigenvalue weighted by Crippen LogP contribution is 2.32. The number of hydrogen-bond acceptors (Lipinski definition) is 4. The van der Waals surface area contributed by atoms with Crippen LogP contribution in [0.2, 0.25) is 0 Å². The van der Waals surface area contributed by atoms with Gasteiger partial charge in [-0.1, -0.05) is 23.8 Å². The first-order chi connectivity index (χ1) is 15.4. The van der Waals surface area contributed by atoms with Crippen LogP contribution in [0.4, 0.5) is 5.69 Å². The number of aryl methyl sites for hydroxylation is 2. The number of nitrogens with zero attached hydrogens (tertiary/aromatic N) is 4. The van der Waals surface area contributed by atoms with Gasteiger partial charge in [-0.25, -0.2) is 4.68 Å². The van der Waals surface area contributed by atoms with E-state index >= 15 is 0 Å². The summed E-state index contributed by atoms with van der Waals surface area (Å²) in [5.74, 6) is 0.317. The lowest BCUT2D eigenvalue weighted by Gasteiger charge is -2.33. The summed E-state index contributed by atoms with van der Waals surface area (Å²) in [4.78, 5) is 17.1. The highest BCUT2D eigenvalue weighted by molar-refractivity contribution is 5.93. The van der Waals surface area contributed by atoms with E-state index in [9.17, 15) is 4.79 Å². The Morgan fingerprint density at radius 3 is 2.50 bits per heavy atom. The number of nitrogens with one attached hydrogen (secondary N) is 1. The van der Waals surface area contributed by atoms with Gasteiger partial charge in [-0.2, -0.15) is 5.10 Å². The van der Waals surface area contributed by atoms with Crippen LogP contribution < -0.4 is 10.2 Å². The number of fused-ring (bicyclic) bond motifs is 1. The Hall–Kier alpha value is -2.86. The molecule has 1 amide bonds. The number of amides is 1. The third-order valence-corrected chi connectivity index (χ3v) is 6.46. The minimum Gasteiger partial charge on any atom is -0.370 e. The van der Waals surface area contributed by atoms with E-state index in [4.69, 9.17) is 5.10 Å². The largest absolute Gasteiger partial charge is 0.370 e. The van der Waals surface area contributed by atoms with Crippen molar-refractivity contribution in [1.29, 1.82) is 0 Å². The third kappa shape index (κ3) is 4.96. The zero-order valence-corrected chi connectivity index (χ0v) is 19.8. The van der Waals surface area contributed by atoms with Crippen LogP contribution in [0, 0.1) is 19.8 Å². The highest BCUT2D eigenvalue weighted by atomic mass is 16.1. The summed E-state index contributed by atoms with van der Waals surface area (Å²) in [6.45, 7) is 7.75. The first-order valence-corrected chi connectivity index (χ1v) is 11.7. The van der Waals surface area contributed by atoms with E-state index < -0.39 is 0 Å². The summed E-state index contributed by atoms with van der Waals surface area (Å²) in [5.41, 5.74) is 5.75. The van der Waals surface area contributed by atoms with Crippen LogP contribution in [0.15, 0.2) is 42.6 Å². The van der Waals surface area contributed by atoms with E-state index in [2.05, 4.69) is 85.7 Å². The summed E-state index contributed by atoms with van der Waals surface area (Å²) < 4.78 is 1.98. The molecule has 32 heavy (non-hydrogen) atoms. The second-order valence-corrected chi connectivity index (χ2v) is 9.28. The summed E-state index contributed by atoms with van der Waals surface area (Å²) in [5, 5.41) is 9.27. The highest BCUT2D eigenvalue weighted by Gasteiger charge is 2.26. The SMILES string of the molecule is Cc1ccc(-n2cc3c(C)ccc(N4CCC(C(=O)NCCCN(C)C)CC4)c3n2)cc1. The third-order valence-electron chi connectivity index (χ3n) is 6.46. The molecule has 1 aliphatic rings. The molecule has 2 heterocycles. The maximum Gasteiger partial charge on any atom is 0.223 e. The van der Waals surface area contributed by atoms with E-state index in [0.29, 0.717) is 0 Å². The van der Waals surface area contributed by atoms with Crippen molar-refractivity contribution in [2.45, 2.75) is 33.1 Å². The van der Waals surface area contributed by atoms with Crippen molar-refractivity contribution < 1.29 is 4.79 Å². The number of carbonyl (C=O) groups is 1. The fourth-order valence-corrected chi connectivity index (χ4v) is 4.44. The molecule has 1 fully saturated rings. The number of carbonyl (C=O) groups excluding carboxylic acids is 1. The van der Waals surface area contributed by atoms with Gasteiger partial charge in [0.1, 0.15) is 5.52 Å². The van der Waals surface area contributed by atoms with Crippen molar-refractivity contribution in [3.05, 3.63) is 53.7 Å². The minimum atomic E-state index is 0.108. The molecule has 0 aliphatic carbocycles. The normalized spacial score (nSPS) is 15.0. The van der Waals surface area contributed by atoms with Crippen molar-refractivity contribution in [3.8, 4) is 5.69 Å². The van der Waals surface area contributed by atoms with E-state index in [0.717, 1.165) is 56.6 Å². The predicted octanol–water partition coefficient (Wildman–Crippen LogP) is 3.93. The smallest absolute Gasteiger partial charge is 0.223 e. The molecule has 0 spiro atoms. The lowest BCUT2D eigenvalue weighted by molar-refractivity contribution is -0.125. The van der Waals surface area contributed by atoms with E-state index in [1.54, 1.807) is 0 Å². The van der Waals surface area contributed by atoms with E-state index in [1.807, 2.05) is 4.68 Å². The molecule has 170 valence electrons. The second kappa shape index (κ2) is 9.74. The van der Waals surface area contributed by atoms with Gasteiger partial charge in [0.2, 0.25) is 5.91 Å². The molecule has 3 aromatic rings. The molecule has 1 aromatic heterocycles. The topological polar surface area (TPSA) is 53.4 Å². The van der Waals surface area contributed by atoms with E-state index in [-0.39, 0.29) is 11.8 Å². The number of aromatic nitrogens is 2. The monoisotopic (exact) mass is 433 g/mol. The van der Waals surface area contributed by atoms with Gasteiger partial charge in [-0.05, 0) is 77.5 Å². The van der Waals surface area contributed by atoms with Crippen LogP contribution in [0.1, 0.15) is 30.4 Å². The van der Waals surface area contributed by atoms with Gasteiger partial charge in [0.15, 0.2) is 0 Å². The maximum absolute atomic E-state index is 12.6. The summed E-state index contributed by atoms with van der Waals surface area (Å²) in [7, 11) is 4.12. The Labute approximate surface area is 191 Å². The zero-order valence-electron chi connectivity index (χ0n) is 19.8. The zero-order chi connectivity index (χ0) is 22.7. The van der Waals surface area contributed by atoms with Crippen molar-refractivity contribution in [1.82, 2.24) is 20.0 Å². The van der Waals surface area contributed by atoms with Crippen LogP contribution in [0.3, 0.4) is 0 Å². The van der Waals surface area contributed by atoms with Crippen molar-refractivity contribution in [2.24, 2.45) is 5.92 Å². The summed E-state index contributed by atoms with van der Waals surface area (Å²) in [6, 6.07) is 12.8. The van der Waals surface area contributed by atoms with Crippen molar-refractivity contribution >= 4 is 22.5 Å². The standard InChI is InChI=1S/C26H35N5O/c1-19-6-9-22(10-7-19)31-18-23-20(2)8-11-24(25(23)28-31)30-16-12-21(13-17-30)26(32)27-14-5-15-29(3)4/h6-11,18,21H,5,12-17H2,1-4H3,(H,27,32). The Morgan fingerprint density at radius 1 is 1.09 bits per heavy atom. The van der Waals surface area contributed by atoms with Crippen LogP contribution in [-0.4, -0.2) is 60.9 Å². The van der Waals surface area contributed by atoms with Gasteiger partial charge in [0, 0.05) is 37.1 Å². The van der Waals surface area contributed by atoms with Crippen LogP contribution in [0.25, 0.3) is 16.6 Å². The van der Waals surface area contributed by atoms with Gasteiger partial charge in [-0.3, -0.25) is 4.79 Å². The van der Waals surface area contributed by atoms with Gasteiger partial charge in [0.25, 0.3) is 0 Å². The first kappa shape index (κ1) is 22.3. The van der Waals surface area contributed by atoms with Gasteiger partial charge >= 0.3 is 0 Å². The number of piperidine rings is 1. The fourth-order valence-electron chi connectivity index (χ4n) is 4.44. The molecule has 1 saturated heterocycles. The van der Waals surface area contributed by atoms with Crippen LogP contribution >= 0.6 is 0 Å². The average molecular weight is 434 g/mol. The molecule has 0 unspecified atom stereocenters. The molecule has 0 radical (unpaired) electrons. The molecule has 0 atom stereocenters. The average Bonchev–Trinajstić information content (AvgIpc) is 3.24. The van der Waals surface area contributed by atoms with Gasteiger partial charge in [-0.15, -0.1) is 0 Å². The lowest BCUT2D eigenvalue weighted by Crippen LogP contribution is -2.41. The molecule has 0 saturated carbocycles. The van der Waals surface area contributed by atoms with E-state index in [1.165, 1.54) is 22.2 Å². The minimum absolute atomic E-state index is 0.108. The molecular weight excluding hydrogens is 398 g/mol. The quantitative estimate of drug-likeness (QED) is 0.574. The molecule has 4 rings (SSSR count). The number of anilines is 1. The number of benzene rings is 2. The van der Waals surface area contributed by atoms with Crippen LogP contribution in [0.5, 0.6) is 0 Å². The fraction of sp³-hybridized carbons (Fsp3) is 0.462. The maximum atomic E-state index is 12.6. The summed E-state index contributed by atoms with van der Waals surface area (Å²) >= 11 is 0. The molecule has 0 bridgehead atoms. The first-order valence-electron chi connectivity index (χ1n) is 11.7. The predicted molar refractivity (Wildman–Crippen MR) is 132 cm³/mol. The molecular formula is C26H35N5O. The van der Waals surface area contributed by atoms with Crippen molar-refractivity contribution in [2.75, 3.05) is 45.2 Å². The summed E-state index contributed by atoms with van der Waals surface area (Å²) in [6.07, 6.45) is 4.89. The van der Waals surface area contributed by atoms with Crippen LogP contribution in [-0.2, 0) is 4.79 Å². The Morgan fingerprint density at radius 2 is 1.81 bits per heavy atom. The number of hydrogen-bond donors (Lipinski definition) is 1. The van der Waals surface area contributed by atoms with Crippen molar-refractivity contribution in [3.63, 3.8) is 0 Å². The molecule has 1 aliphatic heterocycles. The molecule has 1 N–H and O–H groups in total. The molecule has 6 heteroatoms. The van der Waals surface area contributed by atoms with Gasteiger partial charge in [0.05, 0.1) is 11.4 Å². The molecule has 6 nitrogen and oxygen atoms in total. The Balaban J connectivity index is 1.45.